The number of ketones is 1. The molecule has 1 atom stereocenters. The summed E-state index contributed by atoms with van der Waals surface area (Å²) in [4.78, 5) is 24.9. The summed E-state index contributed by atoms with van der Waals surface area (Å²) in [5.41, 5.74) is 0.298. The van der Waals surface area contributed by atoms with Crippen LogP contribution < -0.4 is 0 Å². The van der Waals surface area contributed by atoms with Gasteiger partial charge in [-0.25, -0.2) is 0 Å². The lowest BCUT2D eigenvalue weighted by Crippen LogP contribution is -2.47. The molecule has 1 aromatic carbocycles. The van der Waals surface area contributed by atoms with Crippen LogP contribution in [0.15, 0.2) is 24.3 Å². The van der Waals surface area contributed by atoms with Gasteiger partial charge in [0, 0.05) is 19.0 Å². The quantitative estimate of drug-likeness (QED) is 0.865. The number of aromatic hydroxyl groups is 1. The van der Waals surface area contributed by atoms with Gasteiger partial charge in [-0.1, -0.05) is 0 Å². The van der Waals surface area contributed by atoms with Crippen LogP contribution in [0.1, 0.15) is 30.1 Å². The minimum atomic E-state index is -3.47. The molecule has 1 saturated heterocycles. The predicted octanol–water partition coefficient (Wildman–Crippen LogP) is 2.22. The van der Waals surface area contributed by atoms with Gasteiger partial charge in [-0.2, -0.15) is 8.78 Å². The Kier molecular flexibility index (Phi) is 3.74. The first-order valence-electron chi connectivity index (χ1n) is 6.33. The van der Waals surface area contributed by atoms with E-state index in [0.29, 0.717) is 25.3 Å². The van der Waals surface area contributed by atoms with Gasteiger partial charge in [-0.3, -0.25) is 9.59 Å². The molecule has 6 heteroatoms. The molecule has 1 heterocycles. The maximum absolute atomic E-state index is 13.1. The average Bonchev–Trinajstić information content (AvgIpc) is 2.85. The van der Waals surface area contributed by atoms with Crippen molar-refractivity contribution in [1.82, 2.24) is 4.90 Å². The van der Waals surface area contributed by atoms with Crippen molar-refractivity contribution in [3.05, 3.63) is 29.8 Å². The van der Waals surface area contributed by atoms with E-state index in [1.807, 2.05) is 0 Å². The smallest absolute Gasteiger partial charge is 0.322 e. The molecule has 2 rings (SSSR count). The first-order valence-corrected chi connectivity index (χ1v) is 6.33. The van der Waals surface area contributed by atoms with E-state index >= 15 is 0 Å². The van der Waals surface area contributed by atoms with E-state index in [9.17, 15) is 23.5 Å². The number of halogens is 2. The topological polar surface area (TPSA) is 57.6 Å². The van der Waals surface area contributed by atoms with Crippen molar-refractivity contribution in [2.24, 2.45) is 0 Å². The third kappa shape index (κ3) is 2.79. The van der Waals surface area contributed by atoms with Crippen LogP contribution in [-0.4, -0.2) is 40.2 Å². The van der Waals surface area contributed by atoms with Crippen molar-refractivity contribution in [3.63, 3.8) is 0 Å². The lowest BCUT2D eigenvalue weighted by molar-refractivity contribution is -0.154. The first-order chi connectivity index (χ1) is 9.30. The highest BCUT2D eigenvalue weighted by atomic mass is 19.3. The maximum atomic E-state index is 13.1. The van der Waals surface area contributed by atoms with Gasteiger partial charge in [0.25, 0.3) is 5.91 Å². The zero-order chi connectivity index (χ0) is 14.9. The van der Waals surface area contributed by atoms with E-state index < -0.39 is 17.9 Å². The Morgan fingerprint density at radius 2 is 1.90 bits per heavy atom. The lowest BCUT2D eigenvalue weighted by atomic mass is 10.0. The van der Waals surface area contributed by atoms with Crippen molar-refractivity contribution >= 4 is 11.7 Å². The van der Waals surface area contributed by atoms with Crippen LogP contribution in [0, 0.1) is 0 Å². The molecule has 1 aliphatic heterocycles. The van der Waals surface area contributed by atoms with Gasteiger partial charge in [0.2, 0.25) is 0 Å². The van der Waals surface area contributed by atoms with Crippen molar-refractivity contribution < 1.29 is 23.5 Å². The Bertz CT molecular complexity index is 522. The molecule has 0 bridgehead atoms. The molecule has 0 radical (unpaired) electrons. The number of Topliss-reactive ketones (excluding diaryl/α,β-unsaturated/α-hetero) is 1. The SMILES string of the molecule is CC(F)(F)C(=O)N1CCCC1C(=O)c1ccc(O)cc1. The zero-order valence-corrected chi connectivity index (χ0v) is 11.0. The van der Waals surface area contributed by atoms with Crippen molar-refractivity contribution in [2.45, 2.75) is 31.7 Å². The molecule has 1 aromatic rings. The fourth-order valence-corrected chi connectivity index (χ4v) is 2.35. The van der Waals surface area contributed by atoms with Gasteiger partial charge in [0.1, 0.15) is 5.75 Å². The van der Waals surface area contributed by atoms with Crippen LogP contribution in [-0.2, 0) is 4.79 Å². The summed E-state index contributed by atoms with van der Waals surface area (Å²) in [6.45, 7) is 0.701. The summed E-state index contributed by atoms with van der Waals surface area (Å²) in [6, 6.07) is 4.69. The number of nitrogens with zero attached hydrogens (tertiary/aromatic N) is 1. The third-order valence-electron chi connectivity index (χ3n) is 3.34. The number of phenols is 1. The number of amides is 1. The third-order valence-corrected chi connectivity index (χ3v) is 3.34. The standard InChI is InChI=1S/C14H15F2NO3/c1-14(15,16)13(20)17-8-2-3-11(17)12(19)9-4-6-10(18)7-5-9/h4-7,11,18H,2-3,8H2,1H3. The van der Waals surface area contributed by atoms with Crippen LogP contribution in [0.3, 0.4) is 0 Å². The minimum Gasteiger partial charge on any atom is -0.508 e. The number of hydrogen-bond donors (Lipinski definition) is 1. The van der Waals surface area contributed by atoms with Crippen molar-refractivity contribution in [1.29, 1.82) is 0 Å². The van der Waals surface area contributed by atoms with Crippen LogP contribution in [0.4, 0.5) is 8.78 Å². The van der Waals surface area contributed by atoms with Gasteiger partial charge in [0.15, 0.2) is 5.78 Å². The summed E-state index contributed by atoms with van der Waals surface area (Å²) in [7, 11) is 0. The molecule has 0 saturated carbocycles. The largest absolute Gasteiger partial charge is 0.508 e. The summed E-state index contributed by atoms with van der Waals surface area (Å²) < 4.78 is 26.2. The van der Waals surface area contributed by atoms with E-state index in [-0.39, 0.29) is 18.1 Å². The Morgan fingerprint density at radius 3 is 2.45 bits per heavy atom. The molecule has 1 N–H and O–H groups in total. The fraction of sp³-hybridized carbons (Fsp3) is 0.429. The summed E-state index contributed by atoms with van der Waals surface area (Å²) >= 11 is 0. The number of rotatable bonds is 3. The summed E-state index contributed by atoms with van der Waals surface area (Å²) in [5.74, 6) is -5.15. The van der Waals surface area contributed by atoms with Gasteiger partial charge in [0.05, 0.1) is 6.04 Å². The summed E-state index contributed by atoms with van der Waals surface area (Å²) in [5, 5.41) is 9.18. The molecule has 0 aliphatic carbocycles. The molecular weight excluding hydrogens is 268 g/mol. The number of benzene rings is 1. The van der Waals surface area contributed by atoms with Crippen molar-refractivity contribution in [2.75, 3.05) is 6.54 Å². The van der Waals surface area contributed by atoms with Crippen molar-refractivity contribution in [3.8, 4) is 5.75 Å². The van der Waals surface area contributed by atoms with Gasteiger partial charge in [-0.05, 0) is 37.1 Å². The van der Waals surface area contributed by atoms with E-state index in [1.54, 1.807) is 0 Å². The highest BCUT2D eigenvalue weighted by Gasteiger charge is 2.43. The second-order valence-corrected chi connectivity index (χ2v) is 4.96. The zero-order valence-electron chi connectivity index (χ0n) is 11.0. The molecule has 1 aliphatic rings. The molecule has 1 fully saturated rings. The molecule has 4 nitrogen and oxygen atoms in total. The highest BCUT2D eigenvalue weighted by Crippen LogP contribution is 2.26. The monoisotopic (exact) mass is 283 g/mol. The predicted molar refractivity (Wildman–Crippen MR) is 67.8 cm³/mol. The normalized spacial score (nSPS) is 19.1. The van der Waals surface area contributed by atoms with E-state index in [2.05, 4.69) is 0 Å². The van der Waals surface area contributed by atoms with Crippen LogP contribution in [0.5, 0.6) is 5.75 Å². The molecule has 0 aromatic heterocycles. The molecule has 0 spiro atoms. The lowest BCUT2D eigenvalue weighted by Gasteiger charge is -2.26. The summed E-state index contributed by atoms with van der Waals surface area (Å²) in [6.07, 6.45) is 0.901. The molecule has 20 heavy (non-hydrogen) atoms. The van der Waals surface area contributed by atoms with Gasteiger partial charge < -0.3 is 10.0 Å². The second kappa shape index (κ2) is 5.19. The molecule has 1 amide bonds. The molecule has 1 unspecified atom stereocenters. The Hall–Kier alpha value is -1.98. The van der Waals surface area contributed by atoms with Gasteiger partial charge >= 0.3 is 5.92 Å². The number of alkyl halides is 2. The number of likely N-dealkylation sites (tertiary alicyclic amines) is 1. The number of carbonyl (C=O) groups is 2. The van der Waals surface area contributed by atoms with Crippen LogP contribution >= 0.6 is 0 Å². The maximum Gasteiger partial charge on any atom is 0.322 e. The Labute approximate surface area is 115 Å². The van der Waals surface area contributed by atoms with E-state index in [4.69, 9.17) is 0 Å². The second-order valence-electron chi connectivity index (χ2n) is 4.96. The average molecular weight is 283 g/mol. The minimum absolute atomic E-state index is 0.0148. The van der Waals surface area contributed by atoms with E-state index in [0.717, 1.165) is 4.90 Å². The molecule has 108 valence electrons. The number of phenolic OH excluding ortho intramolecular Hbond substituents is 1. The number of carbonyl (C=O) groups excluding carboxylic acids is 2. The fourth-order valence-electron chi connectivity index (χ4n) is 2.35. The van der Waals surface area contributed by atoms with Gasteiger partial charge in [-0.15, -0.1) is 0 Å². The Morgan fingerprint density at radius 1 is 1.30 bits per heavy atom. The Balaban J connectivity index is 2.21. The first kappa shape index (κ1) is 14.4. The number of hydrogen-bond acceptors (Lipinski definition) is 3. The molecular formula is C14H15F2NO3. The van der Waals surface area contributed by atoms with Crippen LogP contribution in [0.25, 0.3) is 0 Å². The van der Waals surface area contributed by atoms with E-state index in [1.165, 1.54) is 24.3 Å². The highest BCUT2D eigenvalue weighted by molar-refractivity contribution is 6.02. The van der Waals surface area contributed by atoms with Crippen LogP contribution in [0.2, 0.25) is 0 Å².